The van der Waals surface area contributed by atoms with Gasteiger partial charge in [0, 0.05) is 19.8 Å². The van der Waals surface area contributed by atoms with Crippen LogP contribution in [-0.4, -0.2) is 29.7 Å². The van der Waals surface area contributed by atoms with Crippen molar-refractivity contribution in [1.82, 2.24) is 4.98 Å². The van der Waals surface area contributed by atoms with Crippen LogP contribution in [-0.2, 0) is 0 Å². The number of aromatic carboxylic acids is 1. The summed E-state index contributed by atoms with van der Waals surface area (Å²) in [5.74, 6) is -0.396. The van der Waals surface area contributed by atoms with Crippen LogP contribution in [0, 0.1) is 0 Å². The smallest absolute Gasteiger partial charge is 0.337 e. The molecule has 0 saturated heterocycles. The van der Waals surface area contributed by atoms with Gasteiger partial charge in [0.05, 0.1) is 10.6 Å². The van der Waals surface area contributed by atoms with Gasteiger partial charge in [-0.15, -0.1) is 0 Å². The van der Waals surface area contributed by atoms with Gasteiger partial charge in [-0.05, 0) is 12.5 Å². The number of rotatable bonds is 5. The fourth-order valence-electron chi connectivity index (χ4n) is 1.31. The van der Waals surface area contributed by atoms with E-state index >= 15 is 0 Å². The second-order valence-electron chi connectivity index (χ2n) is 3.60. The van der Waals surface area contributed by atoms with E-state index in [9.17, 15) is 4.79 Å². The highest BCUT2D eigenvalue weighted by Gasteiger charge is 2.12. The zero-order valence-corrected chi connectivity index (χ0v) is 10.2. The number of pyridine rings is 1. The molecule has 0 fully saturated rings. The van der Waals surface area contributed by atoms with E-state index in [-0.39, 0.29) is 10.6 Å². The number of hydrogen-bond donors (Lipinski definition) is 1. The number of carboxylic acids is 1. The Morgan fingerprint density at radius 2 is 2.31 bits per heavy atom. The van der Waals surface area contributed by atoms with Gasteiger partial charge < -0.3 is 10.0 Å². The Labute approximate surface area is 99.9 Å². The first kappa shape index (κ1) is 12.8. The number of halogens is 1. The highest BCUT2D eigenvalue weighted by Crippen LogP contribution is 2.20. The van der Waals surface area contributed by atoms with Gasteiger partial charge in [0.1, 0.15) is 5.82 Å². The SMILES string of the molecule is CCCCN(C)c1cc(C(=O)O)c(Cl)cn1. The maximum absolute atomic E-state index is 10.9. The molecule has 4 nitrogen and oxygen atoms in total. The van der Waals surface area contributed by atoms with Crippen molar-refractivity contribution in [2.45, 2.75) is 19.8 Å². The molecule has 0 unspecified atom stereocenters. The summed E-state index contributed by atoms with van der Waals surface area (Å²) in [4.78, 5) is 16.9. The summed E-state index contributed by atoms with van der Waals surface area (Å²) in [5.41, 5.74) is 0.0926. The second kappa shape index (κ2) is 5.70. The van der Waals surface area contributed by atoms with Crippen LogP contribution < -0.4 is 4.90 Å². The minimum atomic E-state index is -1.03. The van der Waals surface area contributed by atoms with Gasteiger partial charge >= 0.3 is 5.97 Å². The highest BCUT2D eigenvalue weighted by atomic mass is 35.5. The molecule has 88 valence electrons. The van der Waals surface area contributed by atoms with E-state index < -0.39 is 5.97 Å². The molecule has 0 radical (unpaired) electrons. The van der Waals surface area contributed by atoms with Crippen molar-refractivity contribution in [3.8, 4) is 0 Å². The molecular weight excluding hydrogens is 228 g/mol. The lowest BCUT2D eigenvalue weighted by Crippen LogP contribution is -2.20. The third-order valence-electron chi connectivity index (χ3n) is 2.31. The molecule has 1 N–H and O–H groups in total. The summed E-state index contributed by atoms with van der Waals surface area (Å²) in [5, 5.41) is 9.08. The van der Waals surface area contributed by atoms with E-state index in [2.05, 4.69) is 11.9 Å². The molecule has 0 atom stereocenters. The predicted molar refractivity (Wildman–Crippen MR) is 64.4 cm³/mol. The molecule has 0 spiro atoms. The molecule has 0 aromatic carbocycles. The molecule has 16 heavy (non-hydrogen) atoms. The van der Waals surface area contributed by atoms with Crippen molar-refractivity contribution in [3.63, 3.8) is 0 Å². The maximum atomic E-state index is 10.9. The van der Waals surface area contributed by atoms with Gasteiger partial charge in [-0.1, -0.05) is 24.9 Å². The quantitative estimate of drug-likeness (QED) is 0.863. The summed E-state index contributed by atoms with van der Waals surface area (Å²) in [6.07, 6.45) is 3.51. The van der Waals surface area contributed by atoms with Gasteiger partial charge in [-0.25, -0.2) is 9.78 Å². The van der Waals surface area contributed by atoms with Crippen LogP contribution in [0.3, 0.4) is 0 Å². The molecule has 0 aliphatic heterocycles. The Kier molecular flexibility index (Phi) is 4.55. The molecular formula is C11H15ClN2O2. The van der Waals surface area contributed by atoms with Gasteiger partial charge in [0.2, 0.25) is 0 Å². The Hall–Kier alpha value is -1.29. The van der Waals surface area contributed by atoms with Gasteiger partial charge in [-0.2, -0.15) is 0 Å². The van der Waals surface area contributed by atoms with Crippen molar-refractivity contribution < 1.29 is 9.90 Å². The van der Waals surface area contributed by atoms with Crippen LogP contribution in [0.4, 0.5) is 5.82 Å². The monoisotopic (exact) mass is 242 g/mol. The normalized spacial score (nSPS) is 10.2. The molecule has 0 saturated carbocycles. The summed E-state index contributed by atoms with van der Waals surface area (Å²) < 4.78 is 0. The molecule has 0 aliphatic carbocycles. The number of carbonyl (C=O) groups is 1. The topological polar surface area (TPSA) is 53.4 Å². The standard InChI is InChI=1S/C11H15ClN2O2/c1-3-4-5-14(2)10-6-8(11(15)16)9(12)7-13-10/h6-7H,3-5H2,1-2H3,(H,15,16). The van der Waals surface area contributed by atoms with Gasteiger partial charge in [-0.3, -0.25) is 0 Å². The molecule has 0 amide bonds. The zero-order valence-electron chi connectivity index (χ0n) is 9.40. The fourth-order valence-corrected chi connectivity index (χ4v) is 1.49. The lowest BCUT2D eigenvalue weighted by molar-refractivity contribution is 0.0697. The van der Waals surface area contributed by atoms with Crippen LogP contribution in [0.15, 0.2) is 12.3 Å². The average Bonchev–Trinajstić information content (AvgIpc) is 2.26. The summed E-state index contributed by atoms with van der Waals surface area (Å²) in [6.45, 7) is 2.95. The van der Waals surface area contributed by atoms with E-state index in [4.69, 9.17) is 16.7 Å². The van der Waals surface area contributed by atoms with Crippen molar-refractivity contribution in [1.29, 1.82) is 0 Å². The molecule has 0 bridgehead atoms. The summed E-state index contributed by atoms with van der Waals surface area (Å²) in [7, 11) is 1.89. The lowest BCUT2D eigenvalue weighted by atomic mass is 10.2. The number of aromatic nitrogens is 1. The van der Waals surface area contributed by atoms with Gasteiger partial charge in [0.15, 0.2) is 0 Å². The van der Waals surface area contributed by atoms with Crippen LogP contribution in [0.5, 0.6) is 0 Å². The maximum Gasteiger partial charge on any atom is 0.337 e. The third kappa shape index (κ3) is 3.10. The van der Waals surface area contributed by atoms with E-state index in [1.807, 2.05) is 11.9 Å². The first-order chi connectivity index (χ1) is 7.56. The molecule has 1 aromatic rings. The predicted octanol–water partition coefficient (Wildman–Crippen LogP) is 2.67. The molecule has 1 rings (SSSR count). The second-order valence-corrected chi connectivity index (χ2v) is 4.01. The first-order valence-electron chi connectivity index (χ1n) is 5.16. The third-order valence-corrected chi connectivity index (χ3v) is 2.61. The molecule has 1 aromatic heterocycles. The number of unbranched alkanes of at least 4 members (excludes halogenated alkanes) is 1. The van der Waals surface area contributed by atoms with E-state index in [0.717, 1.165) is 19.4 Å². The Morgan fingerprint density at radius 1 is 1.62 bits per heavy atom. The average molecular weight is 243 g/mol. The van der Waals surface area contributed by atoms with E-state index in [1.165, 1.54) is 12.3 Å². The first-order valence-corrected chi connectivity index (χ1v) is 5.54. The minimum absolute atomic E-state index is 0.0926. The summed E-state index contributed by atoms with van der Waals surface area (Å²) in [6, 6.07) is 1.50. The van der Waals surface area contributed by atoms with Gasteiger partial charge in [0.25, 0.3) is 0 Å². The van der Waals surface area contributed by atoms with Crippen molar-refractivity contribution >= 4 is 23.4 Å². The zero-order chi connectivity index (χ0) is 12.1. The fraction of sp³-hybridized carbons (Fsp3) is 0.455. The van der Waals surface area contributed by atoms with E-state index in [0.29, 0.717) is 5.82 Å². The Bertz CT molecular complexity index is 382. The minimum Gasteiger partial charge on any atom is -0.478 e. The highest BCUT2D eigenvalue weighted by molar-refractivity contribution is 6.33. The number of anilines is 1. The Morgan fingerprint density at radius 3 is 2.88 bits per heavy atom. The van der Waals surface area contributed by atoms with Crippen LogP contribution in [0.2, 0.25) is 5.02 Å². The van der Waals surface area contributed by atoms with Crippen LogP contribution in [0.25, 0.3) is 0 Å². The van der Waals surface area contributed by atoms with Crippen molar-refractivity contribution in [3.05, 3.63) is 22.8 Å². The van der Waals surface area contributed by atoms with E-state index in [1.54, 1.807) is 0 Å². The number of carboxylic acid groups (broad SMARTS) is 1. The lowest BCUT2D eigenvalue weighted by Gasteiger charge is -2.18. The van der Waals surface area contributed by atoms with Crippen LogP contribution >= 0.6 is 11.6 Å². The van der Waals surface area contributed by atoms with Crippen LogP contribution in [0.1, 0.15) is 30.1 Å². The molecule has 1 heterocycles. The Balaban J connectivity index is 2.89. The largest absolute Gasteiger partial charge is 0.478 e. The number of nitrogens with zero attached hydrogens (tertiary/aromatic N) is 2. The van der Waals surface area contributed by atoms with Crippen molar-refractivity contribution in [2.24, 2.45) is 0 Å². The molecule has 0 aliphatic rings. The molecule has 5 heteroatoms. The summed E-state index contributed by atoms with van der Waals surface area (Å²) >= 11 is 5.74. The number of hydrogen-bond acceptors (Lipinski definition) is 3. The van der Waals surface area contributed by atoms with Crippen molar-refractivity contribution in [2.75, 3.05) is 18.5 Å².